The minimum atomic E-state index is -0.419. The molecule has 0 N–H and O–H groups in total. The average molecular weight is 190 g/mol. The molecular formula is C10H19FO2. The van der Waals surface area contributed by atoms with Gasteiger partial charge in [-0.15, -0.1) is 0 Å². The predicted octanol–water partition coefficient (Wildman–Crippen LogP) is 2.24. The molecule has 78 valence electrons. The van der Waals surface area contributed by atoms with Crippen LogP contribution in [0.2, 0.25) is 0 Å². The van der Waals surface area contributed by atoms with Crippen LogP contribution >= 0.6 is 0 Å². The van der Waals surface area contributed by atoms with E-state index in [9.17, 15) is 4.39 Å². The number of hydrogen-bond donors (Lipinski definition) is 0. The summed E-state index contributed by atoms with van der Waals surface area (Å²) in [5.74, 6) is 1.05. The van der Waals surface area contributed by atoms with Crippen molar-refractivity contribution in [3.8, 4) is 0 Å². The van der Waals surface area contributed by atoms with Gasteiger partial charge in [-0.1, -0.05) is 20.8 Å². The average Bonchev–Trinajstić information content (AvgIpc) is 2.15. The van der Waals surface area contributed by atoms with Crippen molar-refractivity contribution < 1.29 is 13.9 Å². The number of rotatable bonds is 2. The Morgan fingerprint density at radius 1 is 1.15 bits per heavy atom. The minimum absolute atomic E-state index is 0.244. The first-order valence-electron chi connectivity index (χ1n) is 4.86. The van der Waals surface area contributed by atoms with E-state index < -0.39 is 6.67 Å². The molecule has 0 aromatic carbocycles. The number of halogens is 1. The lowest BCUT2D eigenvalue weighted by atomic mass is 9.79. The summed E-state index contributed by atoms with van der Waals surface area (Å²) in [6, 6.07) is 0. The zero-order valence-corrected chi connectivity index (χ0v) is 8.79. The Morgan fingerprint density at radius 3 is 2.23 bits per heavy atom. The van der Waals surface area contributed by atoms with Gasteiger partial charge in [-0.2, -0.15) is 0 Å². The molecule has 0 aliphatic carbocycles. The van der Waals surface area contributed by atoms with Crippen molar-refractivity contribution in [2.45, 2.75) is 33.2 Å². The summed E-state index contributed by atoms with van der Waals surface area (Å²) in [7, 11) is 1.61. The van der Waals surface area contributed by atoms with Crippen molar-refractivity contribution in [3.05, 3.63) is 0 Å². The number of methoxy groups -OCH3 is 1. The van der Waals surface area contributed by atoms with Crippen LogP contribution in [0.15, 0.2) is 0 Å². The van der Waals surface area contributed by atoms with Crippen LogP contribution in [0.3, 0.4) is 0 Å². The molecule has 13 heavy (non-hydrogen) atoms. The normalized spacial score (nSPS) is 46.4. The van der Waals surface area contributed by atoms with Crippen molar-refractivity contribution in [1.82, 2.24) is 0 Å². The summed E-state index contributed by atoms with van der Waals surface area (Å²) in [6.07, 6.45) is -0.539. The molecule has 1 saturated heterocycles. The maximum absolute atomic E-state index is 12.6. The lowest BCUT2D eigenvalue weighted by Gasteiger charge is -2.41. The Morgan fingerprint density at radius 2 is 1.77 bits per heavy atom. The van der Waals surface area contributed by atoms with Crippen LogP contribution in [0, 0.1) is 17.8 Å². The Bertz CT molecular complexity index is 143. The number of hydrogen-bond acceptors (Lipinski definition) is 2. The lowest BCUT2D eigenvalue weighted by Crippen LogP contribution is -2.46. The van der Waals surface area contributed by atoms with Crippen molar-refractivity contribution in [2.75, 3.05) is 13.8 Å². The molecule has 0 radical (unpaired) electrons. The predicted molar refractivity (Wildman–Crippen MR) is 49.1 cm³/mol. The fourth-order valence-electron chi connectivity index (χ4n) is 1.93. The first-order chi connectivity index (χ1) is 6.11. The molecule has 0 spiro atoms. The van der Waals surface area contributed by atoms with Gasteiger partial charge in [-0.3, -0.25) is 0 Å². The maximum Gasteiger partial charge on any atom is 0.160 e. The third kappa shape index (κ3) is 2.02. The van der Waals surface area contributed by atoms with E-state index in [2.05, 4.69) is 13.8 Å². The molecule has 5 atom stereocenters. The fraction of sp³-hybridized carbons (Fsp3) is 1.00. The first-order valence-corrected chi connectivity index (χ1v) is 4.86. The number of alkyl halides is 1. The molecular weight excluding hydrogens is 171 g/mol. The van der Waals surface area contributed by atoms with E-state index in [4.69, 9.17) is 9.47 Å². The minimum Gasteiger partial charge on any atom is -0.356 e. The van der Waals surface area contributed by atoms with E-state index in [1.54, 1.807) is 7.11 Å². The van der Waals surface area contributed by atoms with E-state index in [0.717, 1.165) is 0 Å². The van der Waals surface area contributed by atoms with Gasteiger partial charge in [0.15, 0.2) is 6.29 Å². The molecule has 3 heteroatoms. The third-order valence-corrected chi connectivity index (χ3v) is 3.37. The van der Waals surface area contributed by atoms with Crippen LogP contribution in [-0.4, -0.2) is 26.2 Å². The summed E-state index contributed by atoms with van der Waals surface area (Å²) in [5, 5.41) is 0. The Kier molecular flexibility index (Phi) is 3.68. The van der Waals surface area contributed by atoms with Gasteiger partial charge in [0.1, 0.15) is 6.67 Å². The first kappa shape index (κ1) is 10.9. The molecule has 0 saturated carbocycles. The van der Waals surface area contributed by atoms with Crippen molar-refractivity contribution in [1.29, 1.82) is 0 Å². The van der Waals surface area contributed by atoms with E-state index in [-0.39, 0.29) is 18.3 Å². The van der Waals surface area contributed by atoms with Gasteiger partial charge < -0.3 is 9.47 Å². The summed E-state index contributed by atoms with van der Waals surface area (Å²) in [5.41, 5.74) is 0. The van der Waals surface area contributed by atoms with Gasteiger partial charge >= 0.3 is 0 Å². The molecule has 2 nitrogen and oxygen atoms in total. The largest absolute Gasteiger partial charge is 0.356 e. The second-order valence-electron chi connectivity index (χ2n) is 4.01. The van der Waals surface area contributed by atoms with Crippen molar-refractivity contribution in [2.24, 2.45) is 17.8 Å². The van der Waals surface area contributed by atoms with E-state index >= 15 is 0 Å². The molecule has 1 aliphatic heterocycles. The van der Waals surface area contributed by atoms with Gasteiger partial charge in [-0.05, 0) is 11.8 Å². The maximum atomic E-state index is 12.6. The summed E-state index contributed by atoms with van der Waals surface area (Å²) in [6.45, 7) is 5.84. The highest BCUT2D eigenvalue weighted by Gasteiger charge is 2.38. The zero-order chi connectivity index (χ0) is 10.0. The van der Waals surface area contributed by atoms with Crippen molar-refractivity contribution in [3.63, 3.8) is 0 Å². The van der Waals surface area contributed by atoms with Gasteiger partial charge in [0, 0.05) is 13.0 Å². The van der Waals surface area contributed by atoms with Gasteiger partial charge in [0.05, 0.1) is 6.10 Å². The quantitative estimate of drug-likeness (QED) is 0.664. The second-order valence-corrected chi connectivity index (χ2v) is 4.01. The summed E-state index contributed by atoms with van der Waals surface area (Å²) >= 11 is 0. The van der Waals surface area contributed by atoms with Crippen LogP contribution < -0.4 is 0 Å². The van der Waals surface area contributed by atoms with Crippen LogP contribution in [0.5, 0.6) is 0 Å². The van der Waals surface area contributed by atoms with Crippen LogP contribution in [-0.2, 0) is 9.47 Å². The molecule has 0 aromatic rings. The molecule has 1 fully saturated rings. The fourth-order valence-corrected chi connectivity index (χ4v) is 1.93. The monoisotopic (exact) mass is 190 g/mol. The Labute approximate surface area is 79.4 Å². The molecule has 0 bridgehead atoms. The molecule has 2 unspecified atom stereocenters. The lowest BCUT2D eigenvalue weighted by molar-refractivity contribution is -0.239. The standard InChI is InChI=1S/C10H19FO2/c1-6-7(2)9(5-11)13-10(12-4)8(6)3/h6-10H,5H2,1-4H3/t6-,7+,8?,9?,10+/m0/s1. The van der Waals surface area contributed by atoms with Crippen LogP contribution in [0.1, 0.15) is 20.8 Å². The van der Waals surface area contributed by atoms with Crippen LogP contribution in [0.25, 0.3) is 0 Å². The smallest absolute Gasteiger partial charge is 0.160 e. The van der Waals surface area contributed by atoms with E-state index in [0.29, 0.717) is 11.8 Å². The van der Waals surface area contributed by atoms with Crippen LogP contribution in [0.4, 0.5) is 4.39 Å². The summed E-state index contributed by atoms with van der Waals surface area (Å²) in [4.78, 5) is 0. The molecule has 1 rings (SSSR count). The second kappa shape index (κ2) is 4.38. The van der Waals surface area contributed by atoms with Gasteiger partial charge in [-0.25, -0.2) is 4.39 Å². The highest BCUT2D eigenvalue weighted by Crippen LogP contribution is 2.35. The van der Waals surface area contributed by atoms with Crippen molar-refractivity contribution >= 4 is 0 Å². The zero-order valence-electron chi connectivity index (χ0n) is 8.79. The van der Waals surface area contributed by atoms with E-state index in [1.807, 2.05) is 6.92 Å². The third-order valence-electron chi connectivity index (χ3n) is 3.37. The van der Waals surface area contributed by atoms with E-state index in [1.165, 1.54) is 0 Å². The number of ether oxygens (including phenoxy) is 2. The molecule has 0 amide bonds. The molecule has 1 heterocycles. The Balaban J connectivity index is 2.66. The molecule has 1 aliphatic rings. The highest BCUT2D eigenvalue weighted by molar-refractivity contribution is 4.82. The highest BCUT2D eigenvalue weighted by atomic mass is 19.1. The topological polar surface area (TPSA) is 18.5 Å². The Hall–Kier alpha value is -0.150. The SMILES string of the molecule is CO[C@@H]1OC(CF)[C@H](C)[C@H](C)C1C. The van der Waals surface area contributed by atoms with Gasteiger partial charge in [0.25, 0.3) is 0 Å². The molecule has 0 aromatic heterocycles. The van der Waals surface area contributed by atoms with Gasteiger partial charge in [0.2, 0.25) is 0 Å². The summed E-state index contributed by atoms with van der Waals surface area (Å²) < 4.78 is 23.2.